The van der Waals surface area contributed by atoms with Crippen LogP contribution in [0.5, 0.6) is 5.75 Å². The number of carbonyl (C=O) groups is 1. The van der Waals surface area contributed by atoms with Crippen LogP contribution in [0, 0.1) is 0 Å². The molecule has 0 spiro atoms. The summed E-state index contributed by atoms with van der Waals surface area (Å²) in [5, 5.41) is 10.2. The maximum Gasteiger partial charge on any atom is 0.336 e. The van der Waals surface area contributed by atoms with Crippen LogP contribution in [-0.2, 0) is 27.6 Å². The van der Waals surface area contributed by atoms with Gasteiger partial charge in [0.05, 0.1) is 11.3 Å². The summed E-state index contributed by atoms with van der Waals surface area (Å²) < 4.78 is 60.9. The number of carboxylic acids is 1. The maximum absolute atomic E-state index is 12.4. The van der Waals surface area contributed by atoms with Gasteiger partial charge in [-0.1, -0.05) is 29.3 Å². The van der Waals surface area contributed by atoms with Crippen LogP contribution >= 0.6 is 0 Å². The van der Waals surface area contributed by atoms with Crippen LogP contribution in [0.3, 0.4) is 0 Å². The molecule has 4 aliphatic rings. The molecule has 1 fully saturated rings. The highest BCUT2D eigenvalue weighted by atomic mass is 32.2. The normalized spacial score (nSPS) is 20.0. The Hall–Kier alpha value is -3.45. The van der Waals surface area contributed by atoms with E-state index >= 15 is 0 Å². The summed E-state index contributed by atoms with van der Waals surface area (Å²) >= 11 is -2.09. The summed E-state index contributed by atoms with van der Waals surface area (Å²) in [6.07, 6.45) is 7.95. The standard InChI is InChI=1S/C32H36N2O8S2/c35-32(36)24-10-2-1-9-23(24)31-25-17-21-7-3-11-33(13-5-15-43(37)38)27(21)19-29(25)42-30-20-28-22(18-26(30)31)8-4-12-34(28)14-6-16-44(39,40)41/h1-2,9-10,17-20,30H,3-8,11-16H2,(H,35,36)(H,37,38)(H,39,40,41)/p-1. The van der Waals surface area contributed by atoms with Crippen molar-refractivity contribution in [2.45, 2.75) is 44.6 Å². The number of hydrogen-bond donors (Lipinski definition) is 2. The van der Waals surface area contributed by atoms with Crippen molar-refractivity contribution in [1.29, 1.82) is 0 Å². The van der Waals surface area contributed by atoms with E-state index in [2.05, 4.69) is 21.9 Å². The van der Waals surface area contributed by atoms with Crippen molar-refractivity contribution in [2.24, 2.45) is 0 Å². The van der Waals surface area contributed by atoms with E-state index in [4.69, 9.17) is 4.74 Å². The van der Waals surface area contributed by atoms with E-state index < -0.39 is 33.3 Å². The first-order valence-electron chi connectivity index (χ1n) is 14.9. The van der Waals surface area contributed by atoms with Gasteiger partial charge in [0, 0.05) is 66.1 Å². The van der Waals surface area contributed by atoms with Gasteiger partial charge >= 0.3 is 5.97 Å². The van der Waals surface area contributed by atoms with E-state index in [1.807, 2.05) is 24.3 Å². The zero-order valence-electron chi connectivity index (χ0n) is 24.2. The van der Waals surface area contributed by atoms with Crippen LogP contribution in [0.1, 0.15) is 59.2 Å². The number of piperidine rings is 1. The van der Waals surface area contributed by atoms with E-state index in [0.29, 0.717) is 37.2 Å². The first-order chi connectivity index (χ1) is 21.1. The lowest BCUT2D eigenvalue weighted by molar-refractivity contribution is 0.0696. The molecule has 0 bridgehead atoms. The average Bonchev–Trinajstić information content (AvgIpc) is 2.97. The first-order valence-corrected chi connectivity index (χ1v) is 17.8. The van der Waals surface area contributed by atoms with Gasteiger partial charge in [0.2, 0.25) is 0 Å². The number of anilines is 1. The van der Waals surface area contributed by atoms with Gasteiger partial charge in [0.1, 0.15) is 11.9 Å². The smallest absolute Gasteiger partial charge is 0.336 e. The summed E-state index contributed by atoms with van der Waals surface area (Å²) in [6.45, 7) is 2.64. The number of aryl methyl sites for hydroxylation is 1. The van der Waals surface area contributed by atoms with E-state index in [-0.39, 0.29) is 17.1 Å². The molecule has 0 aromatic heterocycles. The van der Waals surface area contributed by atoms with Gasteiger partial charge in [-0.3, -0.25) is 8.76 Å². The fraction of sp³-hybridized carbons (Fsp3) is 0.406. The quantitative estimate of drug-likeness (QED) is 0.287. The van der Waals surface area contributed by atoms with Gasteiger partial charge in [0.25, 0.3) is 10.1 Å². The molecule has 2 atom stereocenters. The third kappa shape index (κ3) is 6.35. The lowest BCUT2D eigenvalue weighted by Crippen LogP contribution is -2.36. The summed E-state index contributed by atoms with van der Waals surface area (Å²) in [5.41, 5.74) is 7.54. The summed E-state index contributed by atoms with van der Waals surface area (Å²) in [6, 6.07) is 11.1. The van der Waals surface area contributed by atoms with E-state index in [1.54, 1.807) is 12.1 Å². The largest absolute Gasteiger partial charge is 0.772 e. The molecule has 12 heteroatoms. The van der Waals surface area contributed by atoms with Crippen LogP contribution in [0.15, 0.2) is 65.4 Å². The Morgan fingerprint density at radius 3 is 2.57 bits per heavy atom. The van der Waals surface area contributed by atoms with Crippen molar-refractivity contribution in [1.82, 2.24) is 4.90 Å². The Balaban J connectivity index is 1.45. The molecule has 1 aliphatic carbocycles. The second kappa shape index (κ2) is 12.5. The molecule has 6 rings (SSSR count). The molecular formula is C32H35N2O8S2-. The number of nitrogens with zero attached hydrogens (tertiary/aromatic N) is 2. The Morgan fingerprint density at radius 2 is 1.80 bits per heavy atom. The van der Waals surface area contributed by atoms with E-state index in [9.17, 15) is 31.6 Å². The molecule has 0 saturated carbocycles. The first kappa shape index (κ1) is 30.6. The van der Waals surface area contributed by atoms with Crippen LogP contribution in [0.25, 0.3) is 5.57 Å². The molecule has 0 radical (unpaired) electrons. The van der Waals surface area contributed by atoms with Crippen LogP contribution in [0.2, 0.25) is 0 Å². The van der Waals surface area contributed by atoms with Crippen LogP contribution in [-0.4, -0.2) is 81.5 Å². The fourth-order valence-corrected chi connectivity index (χ4v) is 7.68. The minimum absolute atomic E-state index is 0.0978. The van der Waals surface area contributed by atoms with Gasteiger partial charge in [0.15, 0.2) is 0 Å². The Labute approximate surface area is 259 Å². The molecule has 2 aromatic rings. The third-order valence-electron chi connectivity index (χ3n) is 8.69. The van der Waals surface area contributed by atoms with Gasteiger partial charge in [-0.15, -0.1) is 0 Å². The van der Waals surface area contributed by atoms with Crippen molar-refractivity contribution in [3.8, 4) is 5.75 Å². The maximum atomic E-state index is 12.4. The zero-order valence-corrected chi connectivity index (χ0v) is 25.9. The van der Waals surface area contributed by atoms with E-state index in [0.717, 1.165) is 78.0 Å². The van der Waals surface area contributed by atoms with Crippen molar-refractivity contribution >= 4 is 38.4 Å². The molecular weight excluding hydrogens is 604 g/mol. The molecule has 3 heterocycles. The summed E-state index contributed by atoms with van der Waals surface area (Å²) in [4.78, 5) is 16.7. The number of benzene rings is 2. The minimum atomic E-state index is -4.05. The number of fused-ring (bicyclic) bond motifs is 4. The lowest BCUT2D eigenvalue weighted by atomic mass is 9.80. The number of hydrogen-bond acceptors (Lipinski definition) is 8. The predicted octanol–water partition coefficient (Wildman–Crippen LogP) is 4.17. The van der Waals surface area contributed by atoms with Crippen molar-refractivity contribution in [2.75, 3.05) is 42.6 Å². The SMILES string of the molecule is O=C(O)c1ccccc1C1=C2C=C3CCCN(CCCS(=O)(=O)O)C3=CC2Oc2cc3c(cc21)CCCN3CCCS(=O)[O-]. The zero-order chi connectivity index (χ0) is 31.0. The molecule has 1 saturated heterocycles. The third-order valence-corrected chi connectivity index (χ3v) is 10.1. The van der Waals surface area contributed by atoms with E-state index in [1.165, 1.54) is 0 Å². The number of rotatable bonds is 10. The number of likely N-dealkylation sites (tertiary alicyclic amines) is 1. The highest BCUT2D eigenvalue weighted by molar-refractivity contribution is 7.85. The number of aromatic carboxylic acids is 1. The van der Waals surface area contributed by atoms with Crippen molar-refractivity contribution in [3.05, 3.63) is 87.6 Å². The van der Waals surface area contributed by atoms with Crippen LogP contribution in [0.4, 0.5) is 5.69 Å². The van der Waals surface area contributed by atoms with Gasteiger partial charge in [-0.25, -0.2) is 4.79 Å². The molecule has 44 heavy (non-hydrogen) atoms. The van der Waals surface area contributed by atoms with Gasteiger partial charge in [-0.2, -0.15) is 8.42 Å². The average molecular weight is 640 g/mol. The molecule has 2 aromatic carbocycles. The number of allylic oxidation sites excluding steroid dienone is 1. The second-order valence-electron chi connectivity index (χ2n) is 11.6. The second-order valence-corrected chi connectivity index (χ2v) is 14.2. The summed E-state index contributed by atoms with van der Waals surface area (Å²) in [5.74, 6) is -0.591. The topological polar surface area (TPSA) is 148 Å². The highest BCUT2D eigenvalue weighted by Gasteiger charge is 2.36. The monoisotopic (exact) mass is 639 g/mol. The Bertz CT molecular complexity index is 1710. The lowest BCUT2D eigenvalue weighted by Gasteiger charge is -2.40. The number of carboxylic acid groups (broad SMARTS) is 1. The highest BCUT2D eigenvalue weighted by Crippen LogP contribution is 2.48. The summed E-state index contributed by atoms with van der Waals surface area (Å²) in [7, 11) is -4.05. The fourth-order valence-electron chi connectivity index (χ4n) is 6.82. The minimum Gasteiger partial charge on any atom is -0.772 e. The molecule has 234 valence electrons. The molecule has 2 N–H and O–H groups in total. The van der Waals surface area contributed by atoms with Crippen LogP contribution < -0.4 is 9.64 Å². The van der Waals surface area contributed by atoms with Gasteiger partial charge in [-0.05, 0) is 79.5 Å². The van der Waals surface area contributed by atoms with Crippen molar-refractivity contribution in [3.63, 3.8) is 0 Å². The molecule has 3 aliphatic heterocycles. The Kier molecular flexibility index (Phi) is 8.69. The molecule has 0 amide bonds. The number of ether oxygens (including phenoxy) is 1. The molecule has 10 nitrogen and oxygen atoms in total. The van der Waals surface area contributed by atoms with Crippen molar-refractivity contribution < 1.29 is 36.4 Å². The molecule has 2 unspecified atom stereocenters. The Morgan fingerprint density at radius 1 is 1.05 bits per heavy atom. The van der Waals surface area contributed by atoms with Gasteiger partial charge < -0.3 is 24.2 Å². The predicted molar refractivity (Wildman–Crippen MR) is 167 cm³/mol.